The SMILES string of the molecule is CC(C)N(CCCC(=O)O)C(=O)Cc1cccnc1. The minimum Gasteiger partial charge on any atom is -0.481 e. The van der Waals surface area contributed by atoms with Crippen molar-refractivity contribution in [2.24, 2.45) is 0 Å². The number of carbonyl (C=O) groups excluding carboxylic acids is 1. The highest BCUT2D eigenvalue weighted by Crippen LogP contribution is 2.07. The van der Waals surface area contributed by atoms with Gasteiger partial charge in [-0.3, -0.25) is 14.6 Å². The number of carbonyl (C=O) groups is 2. The van der Waals surface area contributed by atoms with E-state index in [1.54, 1.807) is 23.4 Å². The number of nitrogens with zero attached hydrogens (tertiary/aromatic N) is 2. The van der Waals surface area contributed by atoms with E-state index in [1.807, 2.05) is 19.9 Å². The predicted molar refractivity (Wildman–Crippen MR) is 71.7 cm³/mol. The molecule has 104 valence electrons. The summed E-state index contributed by atoms with van der Waals surface area (Å²) < 4.78 is 0. The first-order valence-electron chi connectivity index (χ1n) is 6.41. The summed E-state index contributed by atoms with van der Waals surface area (Å²) >= 11 is 0. The van der Waals surface area contributed by atoms with Crippen LogP contribution in [0.3, 0.4) is 0 Å². The molecule has 1 aromatic heterocycles. The Morgan fingerprint density at radius 1 is 1.42 bits per heavy atom. The Morgan fingerprint density at radius 3 is 2.68 bits per heavy atom. The van der Waals surface area contributed by atoms with Crippen LogP contribution in [0.15, 0.2) is 24.5 Å². The van der Waals surface area contributed by atoms with Gasteiger partial charge in [-0.2, -0.15) is 0 Å². The van der Waals surface area contributed by atoms with Gasteiger partial charge in [-0.1, -0.05) is 6.07 Å². The molecule has 5 heteroatoms. The summed E-state index contributed by atoms with van der Waals surface area (Å²) in [5, 5.41) is 8.63. The van der Waals surface area contributed by atoms with Crippen molar-refractivity contribution >= 4 is 11.9 Å². The number of pyridine rings is 1. The third-order valence-corrected chi connectivity index (χ3v) is 2.81. The molecule has 1 heterocycles. The zero-order chi connectivity index (χ0) is 14.3. The van der Waals surface area contributed by atoms with Crippen LogP contribution in [0.5, 0.6) is 0 Å². The van der Waals surface area contributed by atoms with E-state index in [-0.39, 0.29) is 18.4 Å². The van der Waals surface area contributed by atoms with Crippen LogP contribution in [0.25, 0.3) is 0 Å². The van der Waals surface area contributed by atoms with Gasteiger partial charge in [0.05, 0.1) is 6.42 Å². The molecule has 5 nitrogen and oxygen atoms in total. The van der Waals surface area contributed by atoms with Crippen molar-refractivity contribution in [3.05, 3.63) is 30.1 Å². The van der Waals surface area contributed by atoms with E-state index in [4.69, 9.17) is 5.11 Å². The van der Waals surface area contributed by atoms with Crippen molar-refractivity contribution in [1.29, 1.82) is 0 Å². The second kappa shape index (κ2) is 7.51. The number of amides is 1. The first-order chi connectivity index (χ1) is 9.00. The average molecular weight is 264 g/mol. The largest absolute Gasteiger partial charge is 0.481 e. The summed E-state index contributed by atoms with van der Waals surface area (Å²) in [6.07, 6.45) is 4.21. The fourth-order valence-corrected chi connectivity index (χ4v) is 1.85. The molecule has 1 rings (SSSR count). The normalized spacial score (nSPS) is 10.5. The van der Waals surface area contributed by atoms with Gasteiger partial charge >= 0.3 is 5.97 Å². The van der Waals surface area contributed by atoms with Crippen LogP contribution >= 0.6 is 0 Å². The molecule has 0 aliphatic rings. The summed E-state index contributed by atoms with van der Waals surface area (Å²) in [7, 11) is 0. The number of rotatable bonds is 7. The van der Waals surface area contributed by atoms with Crippen LogP contribution in [-0.2, 0) is 16.0 Å². The fourth-order valence-electron chi connectivity index (χ4n) is 1.85. The number of aliphatic carboxylic acids is 1. The second-order valence-corrected chi connectivity index (χ2v) is 4.72. The molecule has 19 heavy (non-hydrogen) atoms. The zero-order valence-corrected chi connectivity index (χ0v) is 11.4. The van der Waals surface area contributed by atoms with E-state index in [0.717, 1.165) is 5.56 Å². The summed E-state index contributed by atoms with van der Waals surface area (Å²) in [4.78, 5) is 28.4. The van der Waals surface area contributed by atoms with Gasteiger partial charge in [0.15, 0.2) is 0 Å². The van der Waals surface area contributed by atoms with Crippen molar-refractivity contribution < 1.29 is 14.7 Å². The van der Waals surface area contributed by atoms with E-state index < -0.39 is 5.97 Å². The van der Waals surface area contributed by atoms with Gasteiger partial charge in [0.1, 0.15) is 0 Å². The third kappa shape index (κ3) is 5.50. The Labute approximate surface area is 113 Å². The number of hydrogen-bond donors (Lipinski definition) is 1. The Kier molecular flexibility index (Phi) is 5.99. The highest BCUT2D eigenvalue weighted by atomic mass is 16.4. The van der Waals surface area contributed by atoms with E-state index >= 15 is 0 Å². The number of aromatic nitrogens is 1. The lowest BCUT2D eigenvalue weighted by Crippen LogP contribution is -2.38. The molecule has 0 bridgehead atoms. The molecule has 0 aromatic carbocycles. The van der Waals surface area contributed by atoms with E-state index in [0.29, 0.717) is 19.4 Å². The molecular formula is C14H20N2O3. The molecule has 1 aromatic rings. The van der Waals surface area contributed by atoms with E-state index in [2.05, 4.69) is 4.98 Å². The Bertz CT molecular complexity index is 418. The van der Waals surface area contributed by atoms with Gasteiger partial charge in [-0.25, -0.2) is 0 Å². The topological polar surface area (TPSA) is 70.5 Å². The lowest BCUT2D eigenvalue weighted by Gasteiger charge is -2.26. The molecule has 0 aliphatic heterocycles. The number of carboxylic acid groups (broad SMARTS) is 1. The molecule has 0 saturated heterocycles. The van der Waals surface area contributed by atoms with Crippen LogP contribution in [0.4, 0.5) is 0 Å². The smallest absolute Gasteiger partial charge is 0.303 e. The van der Waals surface area contributed by atoms with E-state index in [1.165, 1.54) is 0 Å². The van der Waals surface area contributed by atoms with Crippen molar-refractivity contribution in [3.63, 3.8) is 0 Å². The molecule has 1 N–H and O–H groups in total. The standard InChI is InChI=1S/C14H20N2O3/c1-11(2)16(8-4-6-14(18)19)13(17)9-12-5-3-7-15-10-12/h3,5,7,10-11H,4,6,8-9H2,1-2H3,(H,18,19). The lowest BCUT2D eigenvalue weighted by molar-refractivity contribution is -0.138. The molecule has 0 fully saturated rings. The second-order valence-electron chi connectivity index (χ2n) is 4.72. The van der Waals surface area contributed by atoms with Crippen molar-refractivity contribution in [2.45, 2.75) is 39.2 Å². The summed E-state index contributed by atoms with van der Waals surface area (Å²) in [5.74, 6) is -0.822. The summed E-state index contributed by atoms with van der Waals surface area (Å²) in [6, 6.07) is 3.73. The van der Waals surface area contributed by atoms with Crippen molar-refractivity contribution in [2.75, 3.05) is 6.54 Å². The van der Waals surface area contributed by atoms with Gasteiger partial charge < -0.3 is 10.0 Å². The van der Waals surface area contributed by atoms with Crippen LogP contribution in [0, 0.1) is 0 Å². The minimum absolute atomic E-state index is 0.00777. The maximum Gasteiger partial charge on any atom is 0.303 e. The maximum atomic E-state index is 12.2. The highest BCUT2D eigenvalue weighted by molar-refractivity contribution is 5.79. The summed E-state index contributed by atoms with van der Waals surface area (Å²) in [5.41, 5.74) is 0.872. The molecular weight excluding hydrogens is 244 g/mol. The van der Waals surface area contributed by atoms with Crippen LogP contribution in [-0.4, -0.2) is 39.5 Å². The zero-order valence-electron chi connectivity index (χ0n) is 11.4. The van der Waals surface area contributed by atoms with Crippen LogP contribution in [0.2, 0.25) is 0 Å². The molecule has 0 atom stereocenters. The number of carboxylic acids is 1. The van der Waals surface area contributed by atoms with Crippen LogP contribution in [0.1, 0.15) is 32.3 Å². The molecule has 0 radical (unpaired) electrons. The fraction of sp³-hybridized carbons (Fsp3) is 0.500. The highest BCUT2D eigenvalue weighted by Gasteiger charge is 2.17. The number of hydrogen-bond acceptors (Lipinski definition) is 3. The summed E-state index contributed by atoms with van der Waals surface area (Å²) in [6.45, 7) is 4.34. The molecule has 0 spiro atoms. The Hall–Kier alpha value is -1.91. The lowest BCUT2D eigenvalue weighted by atomic mass is 10.1. The molecule has 0 saturated carbocycles. The quantitative estimate of drug-likeness (QED) is 0.814. The van der Waals surface area contributed by atoms with E-state index in [9.17, 15) is 9.59 Å². The maximum absolute atomic E-state index is 12.2. The van der Waals surface area contributed by atoms with Crippen LogP contribution < -0.4 is 0 Å². The molecule has 1 amide bonds. The van der Waals surface area contributed by atoms with Gasteiger partial charge in [0.25, 0.3) is 0 Å². The van der Waals surface area contributed by atoms with Gasteiger partial charge in [0, 0.05) is 31.4 Å². The average Bonchev–Trinajstić information content (AvgIpc) is 2.35. The molecule has 0 aliphatic carbocycles. The third-order valence-electron chi connectivity index (χ3n) is 2.81. The first kappa shape index (κ1) is 15.1. The van der Waals surface area contributed by atoms with Gasteiger partial charge in [-0.15, -0.1) is 0 Å². The minimum atomic E-state index is -0.830. The van der Waals surface area contributed by atoms with Gasteiger partial charge in [0.2, 0.25) is 5.91 Å². The first-order valence-corrected chi connectivity index (χ1v) is 6.41. The van der Waals surface area contributed by atoms with Gasteiger partial charge in [-0.05, 0) is 31.9 Å². The van der Waals surface area contributed by atoms with Crippen molar-refractivity contribution in [3.8, 4) is 0 Å². The Balaban J connectivity index is 2.55. The predicted octanol–water partition coefficient (Wildman–Crippen LogP) is 1.73. The monoisotopic (exact) mass is 264 g/mol. The Morgan fingerprint density at radius 2 is 2.16 bits per heavy atom. The molecule has 0 unspecified atom stereocenters. The van der Waals surface area contributed by atoms with Crippen molar-refractivity contribution in [1.82, 2.24) is 9.88 Å².